The number of allylic oxidation sites excluding steroid dienone is 1. The molecule has 4 aromatic rings. The number of nitrogens with zero attached hydrogens (tertiary/aromatic N) is 8. The number of ether oxygens (including phenoxy) is 1. The third-order valence-electron chi connectivity index (χ3n) is 7.42. The summed E-state index contributed by atoms with van der Waals surface area (Å²) in [5, 5.41) is 18.7. The monoisotopic (exact) mass is 531 g/mol. The van der Waals surface area contributed by atoms with Crippen molar-refractivity contribution >= 4 is 22.7 Å². The Labute approximate surface area is 225 Å². The molecule has 0 aromatic carbocycles. The molecular weight excluding hydrogens is 498 g/mol. The smallest absolute Gasteiger partial charge is 0.278 e. The van der Waals surface area contributed by atoms with Crippen LogP contribution in [0.2, 0.25) is 0 Å². The molecule has 0 amide bonds. The number of aliphatic hydroxyl groups is 1. The molecule has 0 radical (unpaired) electrons. The van der Waals surface area contributed by atoms with E-state index in [1.54, 1.807) is 49.0 Å². The Morgan fingerprint density at radius 1 is 1.18 bits per heavy atom. The fraction of sp³-hybridized carbons (Fsp3) is 0.444. The van der Waals surface area contributed by atoms with Gasteiger partial charge in [-0.05, 0) is 38.8 Å². The van der Waals surface area contributed by atoms with Gasteiger partial charge >= 0.3 is 0 Å². The van der Waals surface area contributed by atoms with Gasteiger partial charge in [0.15, 0.2) is 11.5 Å². The molecular formula is C27H33N9O3. The second kappa shape index (κ2) is 10.0. The fourth-order valence-corrected chi connectivity index (χ4v) is 5.17. The van der Waals surface area contributed by atoms with Crippen molar-refractivity contribution in [1.29, 1.82) is 0 Å². The van der Waals surface area contributed by atoms with E-state index in [1.807, 2.05) is 10.9 Å². The Balaban J connectivity index is 1.28. The van der Waals surface area contributed by atoms with Crippen molar-refractivity contribution in [2.24, 2.45) is 0 Å². The lowest BCUT2D eigenvalue weighted by Gasteiger charge is -2.41. The van der Waals surface area contributed by atoms with Crippen LogP contribution in [0.3, 0.4) is 0 Å². The molecule has 0 unspecified atom stereocenters. The van der Waals surface area contributed by atoms with Crippen LogP contribution in [0.15, 0.2) is 54.2 Å². The molecule has 0 aliphatic carbocycles. The summed E-state index contributed by atoms with van der Waals surface area (Å²) >= 11 is 0. The average molecular weight is 532 g/mol. The maximum Gasteiger partial charge on any atom is 0.278 e. The zero-order chi connectivity index (χ0) is 27.1. The summed E-state index contributed by atoms with van der Waals surface area (Å²) in [4.78, 5) is 29.5. The van der Waals surface area contributed by atoms with Crippen molar-refractivity contribution in [3.8, 4) is 5.82 Å². The molecule has 6 heterocycles. The third-order valence-corrected chi connectivity index (χ3v) is 7.42. The topological polar surface area (TPSA) is 128 Å². The van der Waals surface area contributed by atoms with Crippen LogP contribution in [0.1, 0.15) is 38.4 Å². The first kappa shape index (κ1) is 25.4. The minimum atomic E-state index is -1.15. The van der Waals surface area contributed by atoms with Gasteiger partial charge in [0, 0.05) is 25.5 Å². The van der Waals surface area contributed by atoms with Crippen molar-refractivity contribution in [1.82, 2.24) is 39.0 Å². The molecule has 2 aliphatic rings. The second-order valence-electron chi connectivity index (χ2n) is 10.7. The fourth-order valence-electron chi connectivity index (χ4n) is 5.17. The molecule has 12 heteroatoms. The number of piperidine rings is 1. The SMILES string of the molecule is C=CCn1c(=O)c2cnc(Nc3cnn(C4CCN(C5COC5)CC4)c3)nc2n1-c1cccc(C(C)(C)O)n1. The number of pyridine rings is 1. The molecule has 0 spiro atoms. The van der Waals surface area contributed by atoms with Crippen molar-refractivity contribution in [2.75, 3.05) is 31.6 Å². The summed E-state index contributed by atoms with van der Waals surface area (Å²) in [6, 6.07) is 6.23. The largest absolute Gasteiger partial charge is 0.384 e. The van der Waals surface area contributed by atoms with Gasteiger partial charge in [-0.1, -0.05) is 12.1 Å². The number of hydrogen-bond donors (Lipinski definition) is 2. The van der Waals surface area contributed by atoms with E-state index in [9.17, 15) is 9.90 Å². The van der Waals surface area contributed by atoms with Gasteiger partial charge in [-0.15, -0.1) is 6.58 Å². The van der Waals surface area contributed by atoms with E-state index in [2.05, 4.69) is 31.9 Å². The molecule has 204 valence electrons. The lowest BCUT2D eigenvalue weighted by Crippen LogP contribution is -2.51. The highest BCUT2D eigenvalue weighted by atomic mass is 16.5. The van der Waals surface area contributed by atoms with Gasteiger partial charge in [-0.25, -0.2) is 19.3 Å². The number of hydrogen-bond acceptors (Lipinski definition) is 9. The number of nitrogens with one attached hydrogen (secondary N) is 1. The number of anilines is 2. The summed E-state index contributed by atoms with van der Waals surface area (Å²) < 4.78 is 10.5. The predicted octanol–water partition coefficient (Wildman–Crippen LogP) is 2.37. The van der Waals surface area contributed by atoms with Crippen LogP contribution in [-0.2, 0) is 16.9 Å². The zero-order valence-electron chi connectivity index (χ0n) is 22.2. The third kappa shape index (κ3) is 4.86. The van der Waals surface area contributed by atoms with Gasteiger partial charge in [-0.2, -0.15) is 10.1 Å². The highest BCUT2D eigenvalue weighted by molar-refractivity contribution is 5.77. The number of fused-ring (bicyclic) bond motifs is 1. The number of aromatic nitrogens is 7. The molecule has 12 nitrogen and oxygen atoms in total. The van der Waals surface area contributed by atoms with E-state index < -0.39 is 5.60 Å². The van der Waals surface area contributed by atoms with Gasteiger partial charge < -0.3 is 15.2 Å². The van der Waals surface area contributed by atoms with Crippen molar-refractivity contribution in [3.05, 3.63) is 65.5 Å². The van der Waals surface area contributed by atoms with Crippen LogP contribution in [0, 0.1) is 0 Å². The van der Waals surface area contributed by atoms with Crippen LogP contribution >= 0.6 is 0 Å². The number of likely N-dealkylation sites (tertiary alicyclic amines) is 1. The molecule has 2 saturated heterocycles. The van der Waals surface area contributed by atoms with Gasteiger partial charge in [0.2, 0.25) is 5.95 Å². The predicted molar refractivity (Wildman–Crippen MR) is 146 cm³/mol. The summed E-state index contributed by atoms with van der Waals surface area (Å²) in [7, 11) is 0. The van der Waals surface area contributed by atoms with Crippen LogP contribution in [-0.4, -0.2) is 76.4 Å². The molecule has 6 rings (SSSR count). The van der Waals surface area contributed by atoms with Crippen LogP contribution in [0.5, 0.6) is 0 Å². The number of rotatable bonds is 8. The van der Waals surface area contributed by atoms with E-state index in [0.717, 1.165) is 44.8 Å². The molecule has 2 fully saturated rings. The first-order chi connectivity index (χ1) is 18.8. The Kier molecular flexibility index (Phi) is 6.53. The normalized spacial score (nSPS) is 17.4. The molecule has 0 saturated carbocycles. The summed E-state index contributed by atoms with van der Waals surface area (Å²) in [5.41, 5.74) is 0.253. The van der Waals surface area contributed by atoms with E-state index >= 15 is 0 Å². The van der Waals surface area contributed by atoms with Gasteiger partial charge in [0.1, 0.15) is 11.0 Å². The summed E-state index contributed by atoms with van der Waals surface area (Å²) in [5.74, 6) is 0.797. The zero-order valence-corrected chi connectivity index (χ0v) is 22.2. The quantitative estimate of drug-likeness (QED) is 0.329. The van der Waals surface area contributed by atoms with Crippen LogP contribution in [0.4, 0.5) is 11.6 Å². The van der Waals surface area contributed by atoms with Crippen molar-refractivity contribution in [3.63, 3.8) is 0 Å². The molecule has 2 N–H and O–H groups in total. The lowest BCUT2D eigenvalue weighted by atomic mass is 10.0. The average Bonchev–Trinajstić information content (AvgIpc) is 3.46. The van der Waals surface area contributed by atoms with Crippen molar-refractivity contribution in [2.45, 2.75) is 50.9 Å². The first-order valence-corrected chi connectivity index (χ1v) is 13.2. The lowest BCUT2D eigenvalue weighted by molar-refractivity contribution is -0.0734. The van der Waals surface area contributed by atoms with Crippen LogP contribution < -0.4 is 10.9 Å². The molecule has 0 atom stereocenters. The Morgan fingerprint density at radius 2 is 1.97 bits per heavy atom. The standard InChI is InChI=1S/C27H33N9O3/c1-4-10-35-25(37)21-14-28-26(32-24(21)36(35)23-7-5-6-22(31-23)27(2,3)38)30-18-13-29-34(15-18)19-8-11-33(12-9-19)20-16-39-17-20/h4-7,13-15,19-20,38H,1,8-12,16-17H2,2-3H3,(H,28,30,32). The van der Waals surface area contributed by atoms with E-state index in [-0.39, 0.29) is 12.1 Å². The van der Waals surface area contributed by atoms with Crippen LogP contribution in [0.25, 0.3) is 16.9 Å². The summed E-state index contributed by atoms with van der Waals surface area (Å²) in [6.07, 6.45) is 8.99. The molecule has 0 bridgehead atoms. The maximum atomic E-state index is 13.2. The highest BCUT2D eigenvalue weighted by Crippen LogP contribution is 2.27. The first-order valence-electron chi connectivity index (χ1n) is 13.2. The second-order valence-corrected chi connectivity index (χ2v) is 10.7. The Hall–Kier alpha value is -3.87. The van der Waals surface area contributed by atoms with Gasteiger partial charge in [0.05, 0.1) is 49.4 Å². The minimum absolute atomic E-state index is 0.250. The van der Waals surface area contributed by atoms with E-state index in [0.29, 0.717) is 40.6 Å². The van der Waals surface area contributed by atoms with Crippen molar-refractivity contribution < 1.29 is 9.84 Å². The molecule has 2 aliphatic heterocycles. The Bertz CT molecular complexity index is 1550. The summed E-state index contributed by atoms with van der Waals surface area (Å²) in [6.45, 7) is 11.2. The minimum Gasteiger partial charge on any atom is -0.384 e. The molecule has 4 aromatic heterocycles. The highest BCUT2D eigenvalue weighted by Gasteiger charge is 2.30. The molecule has 39 heavy (non-hydrogen) atoms. The maximum absolute atomic E-state index is 13.2. The van der Waals surface area contributed by atoms with Gasteiger partial charge in [-0.3, -0.25) is 14.4 Å². The van der Waals surface area contributed by atoms with E-state index in [4.69, 9.17) is 9.72 Å². The van der Waals surface area contributed by atoms with Gasteiger partial charge in [0.25, 0.3) is 5.56 Å². The Morgan fingerprint density at radius 3 is 2.67 bits per heavy atom. The van der Waals surface area contributed by atoms with E-state index in [1.165, 1.54) is 10.9 Å².